The van der Waals surface area contributed by atoms with Gasteiger partial charge in [0.15, 0.2) is 0 Å². The smallest absolute Gasteiger partial charge is 0.115 e. The molecule has 0 spiro atoms. The van der Waals surface area contributed by atoms with Gasteiger partial charge in [-0.3, -0.25) is 0 Å². The number of aromatic nitrogens is 3. The number of likely N-dealkylation sites (tertiary alicyclic amines) is 1. The second-order valence-corrected chi connectivity index (χ2v) is 7.38. The van der Waals surface area contributed by atoms with Crippen LogP contribution in [0.5, 0.6) is 5.75 Å². The van der Waals surface area contributed by atoms with Crippen LogP contribution in [0.25, 0.3) is 0 Å². The number of benzene rings is 1. The summed E-state index contributed by atoms with van der Waals surface area (Å²) in [6.07, 6.45) is 8.07. The summed E-state index contributed by atoms with van der Waals surface area (Å²) in [7, 11) is 0. The SMILES string of the molecule is C[C@@H](Cc1ccc(O)cc1)N1CCC(n2cc(C3CC3)nn2)CC1. The van der Waals surface area contributed by atoms with Crippen molar-refractivity contribution >= 4 is 0 Å². The second-order valence-electron chi connectivity index (χ2n) is 7.38. The van der Waals surface area contributed by atoms with Crippen LogP contribution >= 0.6 is 0 Å². The molecule has 0 bridgehead atoms. The van der Waals surface area contributed by atoms with E-state index in [4.69, 9.17) is 0 Å². The average Bonchev–Trinajstić information content (AvgIpc) is 3.34. The first-order chi connectivity index (χ1) is 11.7. The fourth-order valence-corrected chi connectivity index (χ4v) is 3.73. The van der Waals surface area contributed by atoms with Crippen molar-refractivity contribution in [3.05, 3.63) is 41.7 Å². The molecule has 0 unspecified atom stereocenters. The topological polar surface area (TPSA) is 54.2 Å². The van der Waals surface area contributed by atoms with Gasteiger partial charge in [0.2, 0.25) is 0 Å². The number of rotatable bonds is 5. The summed E-state index contributed by atoms with van der Waals surface area (Å²) in [6, 6.07) is 8.61. The molecule has 4 rings (SSSR count). The lowest BCUT2D eigenvalue weighted by Crippen LogP contribution is -2.41. The Kier molecular flexibility index (Phi) is 4.27. The third-order valence-electron chi connectivity index (χ3n) is 5.49. The second kappa shape index (κ2) is 6.55. The summed E-state index contributed by atoms with van der Waals surface area (Å²) < 4.78 is 2.11. The van der Waals surface area contributed by atoms with E-state index in [1.54, 1.807) is 12.1 Å². The molecule has 1 aliphatic heterocycles. The molecule has 2 fully saturated rings. The maximum Gasteiger partial charge on any atom is 0.115 e. The van der Waals surface area contributed by atoms with Crippen molar-refractivity contribution in [2.75, 3.05) is 13.1 Å². The van der Waals surface area contributed by atoms with E-state index in [1.165, 1.54) is 24.1 Å². The minimum atomic E-state index is 0.339. The van der Waals surface area contributed by atoms with E-state index >= 15 is 0 Å². The van der Waals surface area contributed by atoms with Crippen molar-refractivity contribution in [1.29, 1.82) is 0 Å². The average molecular weight is 326 g/mol. The molecule has 1 aromatic heterocycles. The van der Waals surface area contributed by atoms with E-state index in [0.29, 0.717) is 23.8 Å². The molecule has 5 heteroatoms. The molecule has 0 radical (unpaired) electrons. The van der Waals surface area contributed by atoms with Crippen LogP contribution in [0.4, 0.5) is 0 Å². The van der Waals surface area contributed by atoms with E-state index in [9.17, 15) is 5.11 Å². The van der Waals surface area contributed by atoms with E-state index in [0.717, 1.165) is 32.4 Å². The number of phenols is 1. The quantitative estimate of drug-likeness (QED) is 0.917. The van der Waals surface area contributed by atoms with Crippen molar-refractivity contribution in [3.8, 4) is 5.75 Å². The molecular weight excluding hydrogens is 300 g/mol. The Morgan fingerprint density at radius 3 is 2.50 bits per heavy atom. The first-order valence-electron chi connectivity index (χ1n) is 9.13. The Morgan fingerprint density at radius 2 is 1.83 bits per heavy atom. The molecule has 1 saturated carbocycles. The van der Waals surface area contributed by atoms with E-state index in [1.807, 2.05) is 12.1 Å². The first-order valence-corrected chi connectivity index (χ1v) is 9.13. The molecule has 5 nitrogen and oxygen atoms in total. The molecule has 2 heterocycles. The Hall–Kier alpha value is -1.88. The molecule has 24 heavy (non-hydrogen) atoms. The predicted molar refractivity (Wildman–Crippen MR) is 93.1 cm³/mol. The molecule has 2 aliphatic rings. The normalized spacial score (nSPS) is 21.0. The lowest BCUT2D eigenvalue weighted by molar-refractivity contribution is 0.137. The van der Waals surface area contributed by atoms with Crippen LogP contribution in [0.2, 0.25) is 0 Å². The van der Waals surface area contributed by atoms with Crippen LogP contribution in [0.3, 0.4) is 0 Å². The van der Waals surface area contributed by atoms with Crippen molar-refractivity contribution in [1.82, 2.24) is 19.9 Å². The Morgan fingerprint density at radius 1 is 1.12 bits per heavy atom. The fraction of sp³-hybridized carbons (Fsp3) is 0.579. The zero-order valence-corrected chi connectivity index (χ0v) is 14.3. The number of hydrogen-bond acceptors (Lipinski definition) is 4. The van der Waals surface area contributed by atoms with Crippen molar-refractivity contribution in [2.24, 2.45) is 0 Å². The highest BCUT2D eigenvalue weighted by atomic mass is 16.3. The minimum Gasteiger partial charge on any atom is -0.508 e. The summed E-state index contributed by atoms with van der Waals surface area (Å²) in [4.78, 5) is 2.57. The molecule has 1 N–H and O–H groups in total. The van der Waals surface area contributed by atoms with Gasteiger partial charge >= 0.3 is 0 Å². The van der Waals surface area contributed by atoms with Crippen molar-refractivity contribution in [2.45, 2.75) is 57.0 Å². The van der Waals surface area contributed by atoms with Crippen LogP contribution < -0.4 is 0 Å². The number of hydrogen-bond donors (Lipinski definition) is 1. The van der Waals surface area contributed by atoms with Gasteiger partial charge in [-0.15, -0.1) is 5.10 Å². The minimum absolute atomic E-state index is 0.339. The van der Waals surface area contributed by atoms with Crippen LogP contribution in [0.15, 0.2) is 30.5 Å². The summed E-state index contributed by atoms with van der Waals surface area (Å²) in [5.41, 5.74) is 2.48. The van der Waals surface area contributed by atoms with Crippen LogP contribution in [-0.4, -0.2) is 44.1 Å². The highest BCUT2D eigenvalue weighted by Crippen LogP contribution is 2.39. The molecular formula is C19H26N4O. The zero-order chi connectivity index (χ0) is 16.5. The molecule has 1 atom stereocenters. The van der Waals surface area contributed by atoms with Gasteiger partial charge in [0.05, 0.1) is 11.7 Å². The summed E-state index contributed by atoms with van der Waals surface area (Å²) in [6.45, 7) is 4.53. The predicted octanol–water partition coefficient (Wildman–Crippen LogP) is 3.13. The first kappa shape index (κ1) is 15.6. The summed E-state index contributed by atoms with van der Waals surface area (Å²) >= 11 is 0. The van der Waals surface area contributed by atoms with Gasteiger partial charge in [0.25, 0.3) is 0 Å². The summed E-state index contributed by atoms with van der Waals surface area (Å²) in [5, 5.41) is 18.1. The Labute approximate surface area is 143 Å². The number of piperidine rings is 1. The molecule has 128 valence electrons. The lowest BCUT2D eigenvalue weighted by atomic mass is 10.00. The Bertz CT molecular complexity index is 669. The van der Waals surface area contributed by atoms with Crippen LogP contribution in [0.1, 0.15) is 55.8 Å². The highest BCUT2D eigenvalue weighted by Gasteiger charge is 2.29. The van der Waals surface area contributed by atoms with E-state index in [2.05, 4.69) is 33.0 Å². The molecule has 2 aromatic rings. The largest absolute Gasteiger partial charge is 0.508 e. The number of nitrogens with zero attached hydrogens (tertiary/aromatic N) is 4. The Balaban J connectivity index is 1.30. The zero-order valence-electron chi connectivity index (χ0n) is 14.3. The van der Waals surface area contributed by atoms with E-state index < -0.39 is 0 Å². The van der Waals surface area contributed by atoms with Gasteiger partial charge in [-0.05, 0) is 56.7 Å². The van der Waals surface area contributed by atoms with Gasteiger partial charge in [0.1, 0.15) is 5.75 Å². The molecule has 0 amide bonds. The lowest BCUT2D eigenvalue weighted by Gasteiger charge is -2.36. The maximum absolute atomic E-state index is 9.39. The highest BCUT2D eigenvalue weighted by molar-refractivity contribution is 5.26. The monoisotopic (exact) mass is 326 g/mol. The maximum atomic E-state index is 9.39. The third kappa shape index (κ3) is 3.46. The van der Waals surface area contributed by atoms with Gasteiger partial charge < -0.3 is 10.0 Å². The third-order valence-corrected chi connectivity index (χ3v) is 5.49. The molecule has 1 aromatic carbocycles. The van der Waals surface area contributed by atoms with Gasteiger partial charge in [0, 0.05) is 31.2 Å². The number of aromatic hydroxyl groups is 1. The van der Waals surface area contributed by atoms with Gasteiger partial charge in [-0.1, -0.05) is 17.3 Å². The number of phenolic OH excluding ortho intramolecular Hbond substituents is 1. The van der Waals surface area contributed by atoms with Crippen molar-refractivity contribution < 1.29 is 5.11 Å². The van der Waals surface area contributed by atoms with Crippen LogP contribution in [-0.2, 0) is 6.42 Å². The van der Waals surface area contributed by atoms with Crippen molar-refractivity contribution in [3.63, 3.8) is 0 Å². The van der Waals surface area contributed by atoms with Gasteiger partial charge in [-0.2, -0.15) is 0 Å². The van der Waals surface area contributed by atoms with Gasteiger partial charge in [-0.25, -0.2) is 4.68 Å². The molecule has 1 aliphatic carbocycles. The fourth-order valence-electron chi connectivity index (χ4n) is 3.73. The van der Waals surface area contributed by atoms with E-state index in [-0.39, 0.29) is 0 Å². The standard InChI is InChI=1S/C19H26N4O/c1-14(12-15-2-6-18(24)7-3-15)22-10-8-17(9-11-22)23-13-19(20-21-23)16-4-5-16/h2-3,6-7,13-14,16-17,24H,4-5,8-12H2,1H3/t14-/m0/s1. The summed E-state index contributed by atoms with van der Waals surface area (Å²) in [5.74, 6) is 1.02. The van der Waals surface area contributed by atoms with Crippen LogP contribution in [0, 0.1) is 0 Å². The molecule has 1 saturated heterocycles.